The molecule has 1 amide bonds. The van der Waals surface area contributed by atoms with E-state index in [-0.39, 0.29) is 16.6 Å². The van der Waals surface area contributed by atoms with Crippen LogP contribution >= 0.6 is 11.6 Å². The fourth-order valence-electron chi connectivity index (χ4n) is 1.80. The van der Waals surface area contributed by atoms with E-state index in [4.69, 9.17) is 11.6 Å². The van der Waals surface area contributed by atoms with Gasteiger partial charge in [0.25, 0.3) is 11.6 Å². The molecule has 1 unspecified atom stereocenters. The normalized spacial score (nSPS) is 11.9. The molecule has 1 rings (SSSR count). The Balaban J connectivity index is 2.83. The molecule has 0 aromatic heterocycles. The summed E-state index contributed by atoms with van der Waals surface area (Å²) in [7, 11) is 0. The predicted octanol–water partition coefficient (Wildman–Crippen LogP) is 3.04. The van der Waals surface area contributed by atoms with E-state index < -0.39 is 10.8 Å². The number of nitrogens with zero attached hydrogens (tertiary/aromatic N) is 1. The zero-order chi connectivity index (χ0) is 14.4. The lowest BCUT2D eigenvalue weighted by Gasteiger charge is -2.10. The number of amides is 1. The number of nitro groups is 1. The monoisotopic (exact) mass is 284 g/mol. The molecule has 0 radical (unpaired) electrons. The molecule has 6 heteroatoms. The highest BCUT2D eigenvalue weighted by Gasteiger charge is 2.22. The third-order valence-corrected chi connectivity index (χ3v) is 3.12. The van der Waals surface area contributed by atoms with Crippen molar-refractivity contribution in [3.63, 3.8) is 0 Å². The summed E-state index contributed by atoms with van der Waals surface area (Å²) in [5.74, 6) is -0.461. The van der Waals surface area contributed by atoms with E-state index >= 15 is 0 Å². The van der Waals surface area contributed by atoms with Gasteiger partial charge < -0.3 is 5.32 Å². The van der Waals surface area contributed by atoms with Crippen molar-refractivity contribution < 1.29 is 9.72 Å². The largest absolute Gasteiger partial charge is 0.350 e. The molecule has 0 saturated heterocycles. The number of rotatable bonds is 6. The lowest BCUT2D eigenvalue weighted by Crippen LogP contribution is -2.30. The number of hydrogen-bond acceptors (Lipinski definition) is 3. The number of alkyl halides is 1. The molecule has 0 bridgehead atoms. The Morgan fingerprint density at radius 1 is 1.53 bits per heavy atom. The molecule has 0 aliphatic heterocycles. The number of hydrogen-bond donors (Lipinski definition) is 1. The highest BCUT2D eigenvalue weighted by Crippen LogP contribution is 2.22. The summed E-state index contributed by atoms with van der Waals surface area (Å²) in [6.45, 7) is 3.91. The average molecular weight is 285 g/mol. The van der Waals surface area contributed by atoms with Crippen LogP contribution in [0.2, 0.25) is 0 Å². The molecule has 0 saturated carbocycles. The molecule has 0 aliphatic carbocycles. The Hall–Kier alpha value is -1.62. The molecule has 19 heavy (non-hydrogen) atoms. The summed E-state index contributed by atoms with van der Waals surface area (Å²) in [5, 5.41) is 13.5. The Morgan fingerprint density at radius 3 is 2.79 bits per heavy atom. The van der Waals surface area contributed by atoms with Gasteiger partial charge in [-0.05, 0) is 19.4 Å². The summed E-state index contributed by atoms with van der Waals surface area (Å²) in [6, 6.07) is 4.68. The summed E-state index contributed by atoms with van der Waals surface area (Å²) < 4.78 is 0. The summed E-state index contributed by atoms with van der Waals surface area (Å²) in [4.78, 5) is 22.4. The number of carbonyl (C=O) groups is 1. The van der Waals surface area contributed by atoms with E-state index in [1.54, 1.807) is 19.1 Å². The molecule has 0 aliphatic rings. The topological polar surface area (TPSA) is 72.2 Å². The molecule has 0 heterocycles. The zero-order valence-corrected chi connectivity index (χ0v) is 11.7. The Morgan fingerprint density at radius 2 is 2.21 bits per heavy atom. The van der Waals surface area contributed by atoms with Crippen LogP contribution in [0.15, 0.2) is 18.2 Å². The maximum atomic E-state index is 12.0. The second kappa shape index (κ2) is 7.09. The molecular formula is C13H17ClN2O3. The number of para-hydroxylation sites is 1. The highest BCUT2D eigenvalue weighted by atomic mass is 35.5. The third-order valence-electron chi connectivity index (χ3n) is 2.75. The number of nitro benzene ring substituents is 1. The van der Waals surface area contributed by atoms with Gasteiger partial charge in [0.2, 0.25) is 0 Å². The van der Waals surface area contributed by atoms with Crippen molar-refractivity contribution in [2.75, 3.05) is 6.54 Å². The van der Waals surface area contributed by atoms with Crippen molar-refractivity contribution in [2.45, 2.75) is 32.1 Å². The second-order valence-electron chi connectivity index (χ2n) is 4.32. The van der Waals surface area contributed by atoms with Crippen molar-refractivity contribution in [3.05, 3.63) is 39.4 Å². The van der Waals surface area contributed by atoms with Crippen LogP contribution in [0.4, 0.5) is 5.69 Å². The molecular weight excluding hydrogens is 268 g/mol. The maximum absolute atomic E-state index is 12.0. The Kier molecular flexibility index (Phi) is 5.76. The zero-order valence-electron chi connectivity index (χ0n) is 11.0. The lowest BCUT2D eigenvalue weighted by atomic mass is 10.1. The minimum absolute atomic E-state index is 0.0744. The number of carbonyl (C=O) groups excluding carboxylic acids is 1. The van der Waals surface area contributed by atoms with Gasteiger partial charge in [0.15, 0.2) is 0 Å². The number of aryl methyl sites for hydroxylation is 1. The first-order valence-electron chi connectivity index (χ1n) is 6.13. The summed E-state index contributed by atoms with van der Waals surface area (Å²) >= 11 is 6.00. The first-order valence-corrected chi connectivity index (χ1v) is 6.57. The number of halogens is 1. The minimum Gasteiger partial charge on any atom is -0.350 e. The van der Waals surface area contributed by atoms with Crippen molar-refractivity contribution in [1.82, 2.24) is 5.32 Å². The van der Waals surface area contributed by atoms with Crippen LogP contribution in [0.1, 0.15) is 35.7 Å². The molecule has 1 aromatic carbocycles. The summed E-state index contributed by atoms with van der Waals surface area (Å²) in [5.41, 5.74) is 0.389. The van der Waals surface area contributed by atoms with E-state index in [1.165, 1.54) is 6.07 Å². The summed E-state index contributed by atoms with van der Waals surface area (Å²) in [6.07, 6.45) is 1.71. The van der Waals surface area contributed by atoms with E-state index in [0.29, 0.717) is 12.1 Å². The fraction of sp³-hybridized carbons (Fsp3) is 0.462. The quantitative estimate of drug-likeness (QED) is 0.496. The van der Waals surface area contributed by atoms with Crippen molar-refractivity contribution in [1.29, 1.82) is 0 Å². The van der Waals surface area contributed by atoms with Gasteiger partial charge in [-0.2, -0.15) is 0 Å². The SMILES string of the molecule is CCCC(Cl)CNC(=O)c1cccc(C)c1[N+](=O)[O-]. The van der Waals surface area contributed by atoms with Crippen LogP contribution < -0.4 is 5.32 Å². The van der Waals surface area contributed by atoms with Crippen LogP contribution in [-0.4, -0.2) is 22.8 Å². The fourth-order valence-corrected chi connectivity index (χ4v) is 2.09. The van der Waals surface area contributed by atoms with E-state index in [9.17, 15) is 14.9 Å². The lowest BCUT2D eigenvalue weighted by molar-refractivity contribution is -0.385. The molecule has 5 nitrogen and oxygen atoms in total. The highest BCUT2D eigenvalue weighted by molar-refractivity contribution is 6.21. The third kappa shape index (κ3) is 4.21. The van der Waals surface area contributed by atoms with Gasteiger partial charge in [0, 0.05) is 12.1 Å². The molecule has 0 fully saturated rings. The Labute approximate surface area is 117 Å². The molecule has 104 valence electrons. The molecule has 1 N–H and O–H groups in total. The standard InChI is InChI=1S/C13H17ClN2O3/c1-3-5-10(14)8-15-13(17)11-7-4-6-9(2)12(11)16(18)19/h4,6-7,10H,3,5,8H2,1-2H3,(H,15,17). The van der Waals surface area contributed by atoms with Gasteiger partial charge in [-0.15, -0.1) is 11.6 Å². The first-order chi connectivity index (χ1) is 8.97. The maximum Gasteiger partial charge on any atom is 0.285 e. The minimum atomic E-state index is -0.533. The number of nitrogens with one attached hydrogen (secondary N) is 1. The van der Waals surface area contributed by atoms with Crippen LogP contribution in [0, 0.1) is 17.0 Å². The molecule has 1 aromatic rings. The van der Waals surface area contributed by atoms with Gasteiger partial charge in [-0.3, -0.25) is 14.9 Å². The average Bonchev–Trinajstić information content (AvgIpc) is 2.35. The van der Waals surface area contributed by atoms with Crippen molar-refractivity contribution in [3.8, 4) is 0 Å². The van der Waals surface area contributed by atoms with Crippen LogP contribution in [-0.2, 0) is 0 Å². The van der Waals surface area contributed by atoms with E-state index in [2.05, 4.69) is 5.32 Å². The predicted molar refractivity (Wildman–Crippen MR) is 74.7 cm³/mol. The van der Waals surface area contributed by atoms with Crippen LogP contribution in [0.25, 0.3) is 0 Å². The molecule has 1 atom stereocenters. The van der Waals surface area contributed by atoms with Gasteiger partial charge in [0.05, 0.1) is 10.3 Å². The van der Waals surface area contributed by atoms with E-state index in [1.807, 2.05) is 6.92 Å². The van der Waals surface area contributed by atoms with Gasteiger partial charge in [-0.25, -0.2) is 0 Å². The van der Waals surface area contributed by atoms with Crippen molar-refractivity contribution >= 4 is 23.2 Å². The smallest absolute Gasteiger partial charge is 0.285 e. The Bertz CT molecular complexity index is 477. The van der Waals surface area contributed by atoms with Crippen LogP contribution in [0.5, 0.6) is 0 Å². The first kappa shape index (κ1) is 15.4. The van der Waals surface area contributed by atoms with Gasteiger partial charge in [-0.1, -0.05) is 25.5 Å². The number of benzene rings is 1. The van der Waals surface area contributed by atoms with E-state index in [0.717, 1.165) is 12.8 Å². The van der Waals surface area contributed by atoms with Gasteiger partial charge in [0.1, 0.15) is 5.56 Å². The van der Waals surface area contributed by atoms with Gasteiger partial charge >= 0.3 is 0 Å². The second-order valence-corrected chi connectivity index (χ2v) is 4.94. The van der Waals surface area contributed by atoms with Crippen molar-refractivity contribution in [2.24, 2.45) is 0 Å². The van der Waals surface area contributed by atoms with Crippen LogP contribution in [0.3, 0.4) is 0 Å². The molecule has 0 spiro atoms.